The number of nitrogens with zero attached hydrogens (tertiary/aromatic N) is 4. The molecule has 0 saturated carbocycles. The van der Waals surface area contributed by atoms with Crippen LogP contribution in [-0.4, -0.2) is 66.4 Å². The molecule has 2 amide bonds. The lowest BCUT2D eigenvalue weighted by atomic mass is 10.1. The van der Waals surface area contributed by atoms with Crippen molar-refractivity contribution in [2.24, 2.45) is 0 Å². The number of piperazine rings is 1. The van der Waals surface area contributed by atoms with Crippen LogP contribution in [0.15, 0.2) is 18.3 Å². The number of hydrogen-bond acceptors (Lipinski definition) is 4. The van der Waals surface area contributed by atoms with Crippen molar-refractivity contribution < 1.29 is 9.59 Å². The number of hydrogen-bond donors (Lipinski definition) is 0. The van der Waals surface area contributed by atoms with Gasteiger partial charge in [-0.3, -0.25) is 9.59 Å². The third kappa shape index (κ3) is 3.05. The van der Waals surface area contributed by atoms with Gasteiger partial charge in [0.25, 0.3) is 5.91 Å². The lowest BCUT2D eigenvalue weighted by Gasteiger charge is -2.34. The van der Waals surface area contributed by atoms with Crippen molar-refractivity contribution in [3.63, 3.8) is 0 Å². The predicted molar refractivity (Wildman–Crippen MR) is 83.8 cm³/mol. The SMILES string of the molecule is O=CN1CCN(C(=O)c2cccnc2N2CCCCC2)CC1. The van der Waals surface area contributed by atoms with E-state index in [1.165, 1.54) is 6.42 Å². The van der Waals surface area contributed by atoms with Gasteiger partial charge in [0.2, 0.25) is 6.41 Å². The van der Waals surface area contributed by atoms with Gasteiger partial charge in [0.15, 0.2) is 0 Å². The first kappa shape index (κ1) is 14.8. The lowest BCUT2D eigenvalue weighted by molar-refractivity contribution is -0.119. The maximum absolute atomic E-state index is 12.8. The molecule has 0 bridgehead atoms. The molecule has 2 aliphatic heterocycles. The topological polar surface area (TPSA) is 56.8 Å². The van der Waals surface area contributed by atoms with Crippen LogP contribution in [0.4, 0.5) is 5.82 Å². The van der Waals surface area contributed by atoms with Gasteiger partial charge in [0.05, 0.1) is 5.56 Å². The molecule has 2 fully saturated rings. The molecule has 6 nitrogen and oxygen atoms in total. The molecule has 1 aromatic rings. The van der Waals surface area contributed by atoms with Crippen LogP contribution in [0.3, 0.4) is 0 Å². The molecule has 2 aliphatic rings. The zero-order valence-corrected chi connectivity index (χ0v) is 12.8. The number of amides is 2. The number of pyridine rings is 1. The molecule has 2 saturated heterocycles. The van der Waals surface area contributed by atoms with Gasteiger partial charge in [-0.2, -0.15) is 0 Å². The molecule has 22 heavy (non-hydrogen) atoms. The van der Waals surface area contributed by atoms with Gasteiger partial charge in [-0.25, -0.2) is 4.98 Å². The Hall–Kier alpha value is -2.11. The highest BCUT2D eigenvalue weighted by molar-refractivity contribution is 5.99. The van der Waals surface area contributed by atoms with Crippen LogP contribution in [0.2, 0.25) is 0 Å². The zero-order valence-electron chi connectivity index (χ0n) is 12.8. The van der Waals surface area contributed by atoms with E-state index in [0.717, 1.165) is 38.2 Å². The van der Waals surface area contributed by atoms with Gasteiger partial charge in [-0.05, 0) is 31.4 Å². The Morgan fingerprint density at radius 2 is 1.77 bits per heavy atom. The van der Waals surface area contributed by atoms with Crippen LogP contribution in [0.1, 0.15) is 29.6 Å². The second-order valence-corrected chi connectivity index (χ2v) is 5.86. The number of rotatable bonds is 3. The smallest absolute Gasteiger partial charge is 0.257 e. The molecule has 0 N–H and O–H groups in total. The van der Waals surface area contributed by atoms with E-state index in [9.17, 15) is 9.59 Å². The Morgan fingerprint density at radius 1 is 1.05 bits per heavy atom. The Kier molecular flexibility index (Phi) is 4.56. The summed E-state index contributed by atoms with van der Waals surface area (Å²) < 4.78 is 0. The van der Waals surface area contributed by atoms with E-state index in [4.69, 9.17) is 0 Å². The van der Waals surface area contributed by atoms with Crippen molar-refractivity contribution >= 4 is 18.1 Å². The predicted octanol–water partition coefficient (Wildman–Crippen LogP) is 0.986. The summed E-state index contributed by atoms with van der Waals surface area (Å²) in [6.07, 6.45) is 6.17. The van der Waals surface area contributed by atoms with Crippen LogP contribution in [0.5, 0.6) is 0 Å². The first-order valence-corrected chi connectivity index (χ1v) is 7.98. The van der Waals surface area contributed by atoms with Crippen LogP contribution in [0, 0.1) is 0 Å². The van der Waals surface area contributed by atoms with Gasteiger partial charge >= 0.3 is 0 Å². The second kappa shape index (κ2) is 6.77. The average molecular weight is 302 g/mol. The van der Waals surface area contributed by atoms with Crippen molar-refractivity contribution in [3.8, 4) is 0 Å². The number of carbonyl (C=O) groups excluding carboxylic acids is 2. The standard InChI is InChI=1S/C16H22N4O2/c21-13-18-9-11-20(12-10-18)16(22)14-5-4-6-17-15(14)19-7-2-1-3-8-19/h4-6,13H,1-3,7-12H2. The Morgan fingerprint density at radius 3 is 2.45 bits per heavy atom. The number of aromatic nitrogens is 1. The van der Waals surface area contributed by atoms with Gasteiger partial charge in [-0.1, -0.05) is 0 Å². The lowest BCUT2D eigenvalue weighted by Crippen LogP contribution is -2.48. The zero-order chi connectivity index (χ0) is 15.4. The molecular formula is C16H22N4O2. The van der Waals surface area contributed by atoms with E-state index in [-0.39, 0.29) is 5.91 Å². The molecule has 0 aliphatic carbocycles. The number of carbonyl (C=O) groups is 2. The van der Waals surface area contributed by atoms with Gasteiger partial charge in [0.1, 0.15) is 5.82 Å². The summed E-state index contributed by atoms with van der Waals surface area (Å²) in [7, 11) is 0. The quantitative estimate of drug-likeness (QED) is 0.781. The van der Waals surface area contributed by atoms with Gasteiger partial charge < -0.3 is 14.7 Å². The molecule has 3 heterocycles. The minimum atomic E-state index is 0.0271. The minimum absolute atomic E-state index is 0.0271. The summed E-state index contributed by atoms with van der Waals surface area (Å²) >= 11 is 0. The fraction of sp³-hybridized carbons (Fsp3) is 0.562. The van der Waals surface area contributed by atoms with Crippen molar-refractivity contribution in [1.82, 2.24) is 14.8 Å². The normalized spacial score (nSPS) is 19.2. The van der Waals surface area contributed by atoms with E-state index in [0.29, 0.717) is 31.7 Å². The van der Waals surface area contributed by atoms with E-state index in [2.05, 4.69) is 9.88 Å². The fourth-order valence-electron chi connectivity index (χ4n) is 3.12. The highest BCUT2D eigenvalue weighted by Gasteiger charge is 2.25. The maximum Gasteiger partial charge on any atom is 0.257 e. The molecule has 0 unspecified atom stereocenters. The van der Waals surface area contributed by atoms with Crippen molar-refractivity contribution in [1.29, 1.82) is 0 Å². The van der Waals surface area contributed by atoms with Crippen LogP contribution < -0.4 is 4.90 Å². The third-order valence-electron chi connectivity index (χ3n) is 4.42. The first-order chi connectivity index (χ1) is 10.8. The van der Waals surface area contributed by atoms with Crippen molar-refractivity contribution in [3.05, 3.63) is 23.9 Å². The van der Waals surface area contributed by atoms with E-state index in [1.807, 2.05) is 17.0 Å². The molecule has 3 rings (SSSR count). The Balaban J connectivity index is 1.76. The fourth-order valence-corrected chi connectivity index (χ4v) is 3.12. The molecule has 0 radical (unpaired) electrons. The Bertz CT molecular complexity index is 535. The summed E-state index contributed by atoms with van der Waals surface area (Å²) in [4.78, 5) is 33.8. The second-order valence-electron chi connectivity index (χ2n) is 5.86. The van der Waals surface area contributed by atoms with Gasteiger partial charge in [-0.15, -0.1) is 0 Å². The molecule has 0 atom stereocenters. The number of anilines is 1. The largest absolute Gasteiger partial charge is 0.356 e. The monoisotopic (exact) mass is 302 g/mol. The Labute approximate surface area is 130 Å². The van der Waals surface area contributed by atoms with Gasteiger partial charge in [0, 0.05) is 45.5 Å². The summed E-state index contributed by atoms with van der Waals surface area (Å²) in [6, 6.07) is 3.69. The summed E-state index contributed by atoms with van der Waals surface area (Å²) in [5.41, 5.74) is 0.684. The van der Waals surface area contributed by atoms with Crippen molar-refractivity contribution in [2.75, 3.05) is 44.2 Å². The summed E-state index contributed by atoms with van der Waals surface area (Å²) in [6.45, 7) is 4.33. The van der Waals surface area contributed by atoms with Crippen LogP contribution in [0.25, 0.3) is 0 Å². The van der Waals surface area contributed by atoms with Crippen LogP contribution in [-0.2, 0) is 4.79 Å². The highest BCUT2D eigenvalue weighted by atomic mass is 16.2. The third-order valence-corrected chi connectivity index (χ3v) is 4.42. The molecule has 0 aromatic carbocycles. The molecule has 118 valence electrons. The van der Waals surface area contributed by atoms with Crippen molar-refractivity contribution in [2.45, 2.75) is 19.3 Å². The average Bonchev–Trinajstić information content (AvgIpc) is 2.62. The van der Waals surface area contributed by atoms with E-state index < -0.39 is 0 Å². The van der Waals surface area contributed by atoms with Crippen LogP contribution >= 0.6 is 0 Å². The van der Waals surface area contributed by atoms with E-state index in [1.54, 1.807) is 11.1 Å². The minimum Gasteiger partial charge on any atom is -0.356 e. The van der Waals surface area contributed by atoms with E-state index >= 15 is 0 Å². The molecule has 0 spiro atoms. The summed E-state index contributed by atoms with van der Waals surface area (Å²) in [5.74, 6) is 0.837. The number of piperidine rings is 1. The molecule has 1 aromatic heterocycles. The molecule has 6 heteroatoms. The summed E-state index contributed by atoms with van der Waals surface area (Å²) in [5, 5.41) is 0. The maximum atomic E-state index is 12.8. The molecular weight excluding hydrogens is 280 g/mol. The highest BCUT2D eigenvalue weighted by Crippen LogP contribution is 2.23. The first-order valence-electron chi connectivity index (χ1n) is 7.98.